The molecule has 0 saturated carbocycles. The fraction of sp³-hybridized carbons (Fsp3) is 0.235. The first-order valence-electron chi connectivity index (χ1n) is 7.32. The maximum Gasteiger partial charge on any atom is 0.325 e. The molecule has 2 amide bonds. The predicted molar refractivity (Wildman–Crippen MR) is 80.2 cm³/mol. The van der Waals surface area contributed by atoms with Gasteiger partial charge in [0, 0.05) is 18.1 Å². The van der Waals surface area contributed by atoms with Crippen LogP contribution in [-0.2, 0) is 0 Å². The van der Waals surface area contributed by atoms with Gasteiger partial charge < -0.3 is 10.1 Å². The van der Waals surface area contributed by atoms with Crippen LogP contribution in [0.4, 0.5) is 19.3 Å². The molecule has 0 aromatic heterocycles. The molecule has 2 heterocycles. The van der Waals surface area contributed by atoms with Crippen LogP contribution in [0.25, 0.3) is 0 Å². The zero-order chi connectivity index (χ0) is 16.2. The molecule has 2 aliphatic heterocycles. The molecule has 0 aliphatic carbocycles. The first kappa shape index (κ1) is 14.0. The molecule has 23 heavy (non-hydrogen) atoms. The SMILES string of the molecule is C[C@]12C[C@@H](NC(=O)N1c1ccc(F)c(F)c1)c1ccccc1O2. The molecular formula is C17H14F2N2O2. The second kappa shape index (κ2) is 4.68. The van der Waals surface area contributed by atoms with Crippen molar-refractivity contribution >= 4 is 11.7 Å². The molecule has 4 rings (SSSR count). The summed E-state index contributed by atoms with van der Waals surface area (Å²) in [7, 11) is 0. The third kappa shape index (κ3) is 2.05. The second-order valence-electron chi connectivity index (χ2n) is 5.95. The number of fused-ring (bicyclic) bond motifs is 4. The molecule has 0 unspecified atom stereocenters. The first-order valence-corrected chi connectivity index (χ1v) is 7.32. The lowest BCUT2D eigenvalue weighted by Gasteiger charge is -2.50. The molecule has 4 nitrogen and oxygen atoms in total. The minimum atomic E-state index is -1.00. The monoisotopic (exact) mass is 316 g/mol. The van der Waals surface area contributed by atoms with Crippen LogP contribution in [0.3, 0.4) is 0 Å². The van der Waals surface area contributed by atoms with Crippen molar-refractivity contribution in [2.75, 3.05) is 4.90 Å². The summed E-state index contributed by atoms with van der Waals surface area (Å²) in [5.74, 6) is -1.28. The van der Waals surface area contributed by atoms with Crippen molar-refractivity contribution < 1.29 is 18.3 Å². The van der Waals surface area contributed by atoms with Crippen molar-refractivity contribution in [2.45, 2.75) is 25.1 Å². The number of amides is 2. The second-order valence-corrected chi connectivity index (χ2v) is 5.95. The Hall–Kier alpha value is -2.63. The van der Waals surface area contributed by atoms with E-state index in [9.17, 15) is 13.6 Å². The van der Waals surface area contributed by atoms with Crippen LogP contribution in [0.15, 0.2) is 42.5 Å². The van der Waals surface area contributed by atoms with Crippen molar-refractivity contribution in [1.82, 2.24) is 5.32 Å². The number of carbonyl (C=O) groups is 1. The lowest BCUT2D eigenvalue weighted by molar-refractivity contribution is 0.0378. The summed E-state index contributed by atoms with van der Waals surface area (Å²) < 4.78 is 32.8. The van der Waals surface area contributed by atoms with E-state index in [-0.39, 0.29) is 11.7 Å². The number of urea groups is 1. The largest absolute Gasteiger partial charge is 0.467 e. The van der Waals surface area contributed by atoms with Crippen molar-refractivity contribution in [2.24, 2.45) is 0 Å². The van der Waals surface area contributed by atoms with Crippen molar-refractivity contribution in [3.63, 3.8) is 0 Å². The molecule has 0 radical (unpaired) electrons. The van der Waals surface area contributed by atoms with Gasteiger partial charge in [0.15, 0.2) is 17.4 Å². The van der Waals surface area contributed by atoms with Crippen LogP contribution in [0.1, 0.15) is 24.9 Å². The van der Waals surface area contributed by atoms with Gasteiger partial charge in [0.25, 0.3) is 0 Å². The Kier molecular flexibility index (Phi) is 2.85. The molecule has 1 saturated heterocycles. The molecule has 2 atom stereocenters. The Labute approximate surface area is 131 Å². The highest BCUT2D eigenvalue weighted by Gasteiger charge is 2.49. The highest BCUT2D eigenvalue weighted by molar-refractivity contribution is 5.94. The standard InChI is InChI=1S/C17H14F2N2O2/c1-17-9-14(11-4-2-3-5-15(11)23-17)20-16(22)21(17)10-6-7-12(18)13(19)8-10/h2-8,14H,9H2,1H3,(H,20,22)/t14-,17+/m1/s1. The summed E-state index contributed by atoms with van der Waals surface area (Å²) in [5.41, 5.74) is 0.205. The van der Waals surface area contributed by atoms with E-state index in [1.54, 1.807) is 6.92 Å². The number of rotatable bonds is 1. The maximum atomic E-state index is 13.6. The minimum Gasteiger partial charge on any atom is -0.467 e. The van der Waals surface area contributed by atoms with Crippen LogP contribution in [0.2, 0.25) is 0 Å². The molecule has 6 heteroatoms. The topological polar surface area (TPSA) is 41.6 Å². The number of ether oxygens (including phenoxy) is 1. The van der Waals surface area contributed by atoms with Crippen molar-refractivity contribution in [3.8, 4) is 5.75 Å². The molecule has 1 N–H and O–H groups in total. The van der Waals surface area contributed by atoms with E-state index >= 15 is 0 Å². The normalized spacial score (nSPS) is 25.4. The van der Waals surface area contributed by atoms with E-state index in [1.165, 1.54) is 11.0 Å². The molecule has 2 bridgehead atoms. The number of anilines is 1. The zero-order valence-corrected chi connectivity index (χ0v) is 12.3. The number of hydrogen-bond acceptors (Lipinski definition) is 2. The van der Waals surface area contributed by atoms with E-state index in [0.717, 1.165) is 17.7 Å². The van der Waals surface area contributed by atoms with E-state index in [4.69, 9.17) is 4.74 Å². The van der Waals surface area contributed by atoms with Gasteiger partial charge in [-0.15, -0.1) is 0 Å². The number of nitrogens with zero attached hydrogens (tertiary/aromatic N) is 1. The number of hydrogen-bond donors (Lipinski definition) is 1. The Balaban J connectivity index is 1.81. The van der Waals surface area contributed by atoms with E-state index < -0.39 is 23.4 Å². The summed E-state index contributed by atoms with van der Waals surface area (Å²) in [4.78, 5) is 13.9. The minimum absolute atomic E-state index is 0.168. The van der Waals surface area contributed by atoms with Crippen LogP contribution in [0.5, 0.6) is 5.75 Å². The van der Waals surface area contributed by atoms with Gasteiger partial charge in [0.05, 0.1) is 11.7 Å². The predicted octanol–water partition coefficient (Wildman–Crippen LogP) is 3.73. The quantitative estimate of drug-likeness (QED) is 0.871. The zero-order valence-electron chi connectivity index (χ0n) is 12.3. The summed E-state index contributed by atoms with van der Waals surface area (Å²) in [6.45, 7) is 1.77. The molecule has 2 aliphatic rings. The fourth-order valence-corrected chi connectivity index (χ4v) is 3.34. The average molecular weight is 316 g/mol. The third-order valence-corrected chi connectivity index (χ3v) is 4.34. The lowest BCUT2D eigenvalue weighted by Crippen LogP contribution is -2.65. The Morgan fingerprint density at radius 2 is 2.00 bits per heavy atom. The molecule has 2 aromatic carbocycles. The fourth-order valence-electron chi connectivity index (χ4n) is 3.34. The Morgan fingerprint density at radius 3 is 2.78 bits per heavy atom. The molecule has 0 spiro atoms. The average Bonchev–Trinajstić information content (AvgIpc) is 2.50. The summed E-state index contributed by atoms with van der Waals surface area (Å²) in [5, 5.41) is 2.90. The summed E-state index contributed by atoms with van der Waals surface area (Å²) in [6.07, 6.45) is 0.509. The Bertz CT molecular complexity index is 811. The first-order chi connectivity index (χ1) is 11.0. The molecule has 118 valence electrons. The van der Waals surface area contributed by atoms with E-state index in [0.29, 0.717) is 12.2 Å². The van der Waals surface area contributed by atoms with Crippen LogP contribution in [-0.4, -0.2) is 11.8 Å². The van der Waals surface area contributed by atoms with Gasteiger partial charge in [-0.3, -0.25) is 4.90 Å². The van der Waals surface area contributed by atoms with Gasteiger partial charge in [-0.05, 0) is 25.1 Å². The molecular weight excluding hydrogens is 302 g/mol. The number of benzene rings is 2. The van der Waals surface area contributed by atoms with Crippen LogP contribution < -0.4 is 15.0 Å². The van der Waals surface area contributed by atoms with Crippen LogP contribution in [0, 0.1) is 11.6 Å². The summed E-state index contributed by atoms with van der Waals surface area (Å²) in [6, 6.07) is 10.3. The third-order valence-electron chi connectivity index (χ3n) is 4.34. The number of nitrogens with one attached hydrogen (secondary N) is 1. The number of carbonyl (C=O) groups excluding carboxylic acids is 1. The molecule has 1 fully saturated rings. The summed E-state index contributed by atoms with van der Waals surface area (Å²) >= 11 is 0. The van der Waals surface area contributed by atoms with Gasteiger partial charge in [0.2, 0.25) is 0 Å². The highest BCUT2D eigenvalue weighted by atomic mass is 19.2. The van der Waals surface area contributed by atoms with Gasteiger partial charge in [-0.1, -0.05) is 18.2 Å². The number of halogens is 2. The highest BCUT2D eigenvalue weighted by Crippen LogP contribution is 2.45. The van der Waals surface area contributed by atoms with Crippen molar-refractivity contribution in [3.05, 3.63) is 59.7 Å². The van der Waals surface area contributed by atoms with Gasteiger partial charge in [0.1, 0.15) is 5.75 Å². The van der Waals surface area contributed by atoms with Crippen molar-refractivity contribution in [1.29, 1.82) is 0 Å². The maximum absolute atomic E-state index is 13.6. The lowest BCUT2D eigenvalue weighted by atomic mass is 9.90. The molecule has 2 aromatic rings. The van der Waals surface area contributed by atoms with Gasteiger partial charge >= 0.3 is 6.03 Å². The Morgan fingerprint density at radius 1 is 1.22 bits per heavy atom. The van der Waals surface area contributed by atoms with Gasteiger partial charge in [-0.25, -0.2) is 13.6 Å². The van der Waals surface area contributed by atoms with E-state index in [1.807, 2.05) is 24.3 Å². The number of para-hydroxylation sites is 1. The van der Waals surface area contributed by atoms with Gasteiger partial charge in [-0.2, -0.15) is 0 Å². The van der Waals surface area contributed by atoms with E-state index in [2.05, 4.69) is 5.32 Å². The van der Waals surface area contributed by atoms with Crippen LogP contribution >= 0.6 is 0 Å². The smallest absolute Gasteiger partial charge is 0.325 e.